The van der Waals surface area contributed by atoms with Crippen molar-refractivity contribution in [2.45, 2.75) is 20.8 Å². The summed E-state index contributed by atoms with van der Waals surface area (Å²) in [4.78, 5) is 11.4. The van der Waals surface area contributed by atoms with Crippen molar-refractivity contribution in [1.29, 1.82) is 0 Å². The van der Waals surface area contributed by atoms with E-state index in [0.717, 1.165) is 0 Å². The molecule has 1 unspecified atom stereocenters. The maximum Gasteiger partial charge on any atom is 0.226 e. The number of rotatable bonds is 5. The molecule has 0 saturated carbocycles. The summed E-state index contributed by atoms with van der Waals surface area (Å²) in [6.07, 6.45) is 0. The zero-order valence-electron chi connectivity index (χ0n) is 8.63. The van der Waals surface area contributed by atoms with Gasteiger partial charge in [0.2, 0.25) is 5.91 Å². The number of carbonyl (C=O) groups is 1. The molecule has 0 aromatic rings. The third-order valence-electron chi connectivity index (χ3n) is 2.05. The summed E-state index contributed by atoms with van der Waals surface area (Å²) in [6.45, 7) is 6.38. The minimum absolute atomic E-state index is 0.0599. The summed E-state index contributed by atoms with van der Waals surface area (Å²) in [5, 5.41) is 11.5. The van der Waals surface area contributed by atoms with Crippen molar-refractivity contribution < 1.29 is 9.90 Å². The second-order valence-corrected chi connectivity index (χ2v) is 4.09. The van der Waals surface area contributed by atoms with Gasteiger partial charge in [-0.3, -0.25) is 4.79 Å². The third kappa shape index (κ3) is 4.24. The van der Waals surface area contributed by atoms with Crippen LogP contribution in [-0.2, 0) is 4.79 Å². The lowest BCUT2D eigenvalue weighted by Crippen LogP contribution is -2.43. The van der Waals surface area contributed by atoms with Crippen molar-refractivity contribution in [3.63, 3.8) is 0 Å². The van der Waals surface area contributed by atoms with Crippen LogP contribution in [0.15, 0.2) is 0 Å². The molecule has 4 N–H and O–H groups in total. The standard InChI is InChI=1S/C9H20N2O2/c1-7(5-12)4-11-8(13)9(2,3)6-10/h7,12H,4-6,10H2,1-3H3,(H,11,13). The fourth-order valence-electron chi connectivity index (χ4n) is 0.663. The number of aliphatic hydroxyl groups excluding tert-OH is 1. The molecule has 1 atom stereocenters. The van der Waals surface area contributed by atoms with E-state index in [2.05, 4.69) is 5.32 Å². The van der Waals surface area contributed by atoms with Gasteiger partial charge in [0.1, 0.15) is 0 Å². The first-order valence-electron chi connectivity index (χ1n) is 4.53. The maximum atomic E-state index is 11.4. The highest BCUT2D eigenvalue weighted by Crippen LogP contribution is 2.12. The van der Waals surface area contributed by atoms with E-state index in [4.69, 9.17) is 10.8 Å². The molecule has 0 aliphatic rings. The Morgan fingerprint density at radius 2 is 2.15 bits per heavy atom. The number of nitrogens with one attached hydrogen (secondary N) is 1. The van der Waals surface area contributed by atoms with Crippen LogP contribution in [-0.4, -0.2) is 30.7 Å². The zero-order chi connectivity index (χ0) is 10.5. The molecule has 0 aliphatic heterocycles. The first-order chi connectivity index (χ1) is 5.94. The summed E-state index contributed by atoms with van der Waals surface area (Å²) in [7, 11) is 0. The second-order valence-electron chi connectivity index (χ2n) is 4.09. The van der Waals surface area contributed by atoms with Crippen molar-refractivity contribution in [2.75, 3.05) is 19.7 Å². The van der Waals surface area contributed by atoms with Crippen molar-refractivity contribution in [1.82, 2.24) is 5.32 Å². The van der Waals surface area contributed by atoms with Crippen molar-refractivity contribution >= 4 is 5.91 Å². The van der Waals surface area contributed by atoms with Gasteiger partial charge in [0, 0.05) is 19.7 Å². The molecule has 0 fully saturated rings. The van der Waals surface area contributed by atoms with Crippen LogP contribution in [0, 0.1) is 11.3 Å². The molecular weight excluding hydrogens is 168 g/mol. The smallest absolute Gasteiger partial charge is 0.226 e. The SMILES string of the molecule is CC(CO)CNC(=O)C(C)(C)CN. The Morgan fingerprint density at radius 1 is 1.62 bits per heavy atom. The van der Waals surface area contributed by atoms with Crippen LogP contribution in [0.5, 0.6) is 0 Å². The molecule has 78 valence electrons. The lowest BCUT2D eigenvalue weighted by molar-refractivity contribution is -0.129. The van der Waals surface area contributed by atoms with Crippen molar-refractivity contribution in [2.24, 2.45) is 17.1 Å². The summed E-state index contributed by atoms with van der Waals surface area (Å²) in [6, 6.07) is 0. The highest BCUT2D eigenvalue weighted by molar-refractivity contribution is 5.81. The first kappa shape index (κ1) is 12.4. The molecule has 13 heavy (non-hydrogen) atoms. The van der Waals surface area contributed by atoms with E-state index in [1.165, 1.54) is 0 Å². The molecule has 4 heteroatoms. The highest BCUT2D eigenvalue weighted by Gasteiger charge is 2.25. The molecule has 0 heterocycles. The predicted molar refractivity (Wildman–Crippen MR) is 52.1 cm³/mol. The van der Waals surface area contributed by atoms with Gasteiger partial charge in [0.25, 0.3) is 0 Å². The van der Waals surface area contributed by atoms with Gasteiger partial charge < -0.3 is 16.2 Å². The number of aliphatic hydroxyl groups is 1. The lowest BCUT2D eigenvalue weighted by Gasteiger charge is -2.22. The topological polar surface area (TPSA) is 75.3 Å². The Labute approximate surface area is 79.5 Å². The molecule has 0 aromatic heterocycles. The van der Waals surface area contributed by atoms with E-state index in [1.54, 1.807) is 13.8 Å². The Balaban J connectivity index is 3.88. The Kier molecular flexibility index (Phi) is 4.95. The summed E-state index contributed by atoms with van der Waals surface area (Å²) >= 11 is 0. The number of amides is 1. The molecule has 0 radical (unpaired) electrons. The van der Waals surface area contributed by atoms with Gasteiger partial charge in [0.15, 0.2) is 0 Å². The van der Waals surface area contributed by atoms with Gasteiger partial charge in [-0.15, -0.1) is 0 Å². The average molecular weight is 188 g/mol. The minimum atomic E-state index is -0.519. The Bertz CT molecular complexity index is 169. The monoisotopic (exact) mass is 188 g/mol. The largest absolute Gasteiger partial charge is 0.396 e. The van der Waals surface area contributed by atoms with Gasteiger partial charge in [-0.05, 0) is 19.8 Å². The quantitative estimate of drug-likeness (QED) is 0.555. The molecule has 0 bridgehead atoms. The zero-order valence-corrected chi connectivity index (χ0v) is 8.63. The average Bonchev–Trinajstić information content (AvgIpc) is 2.13. The molecule has 0 saturated heterocycles. The molecule has 0 aliphatic carbocycles. The van der Waals surface area contributed by atoms with Crippen LogP contribution >= 0.6 is 0 Å². The van der Waals surface area contributed by atoms with E-state index >= 15 is 0 Å². The van der Waals surface area contributed by atoms with E-state index in [1.807, 2.05) is 6.92 Å². The van der Waals surface area contributed by atoms with Crippen LogP contribution in [0.3, 0.4) is 0 Å². The lowest BCUT2D eigenvalue weighted by atomic mass is 9.92. The fraction of sp³-hybridized carbons (Fsp3) is 0.889. The maximum absolute atomic E-state index is 11.4. The van der Waals surface area contributed by atoms with E-state index in [9.17, 15) is 4.79 Å². The van der Waals surface area contributed by atoms with Gasteiger partial charge in [-0.2, -0.15) is 0 Å². The van der Waals surface area contributed by atoms with Gasteiger partial charge in [-0.1, -0.05) is 6.92 Å². The molecule has 4 nitrogen and oxygen atoms in total. The van der Waals surface area contributed by atoms with Gasteiger partial charge >= 0.3 is 0 Å². The molecule has 0 aromatic carbocycles. The number of hydrogen-bond acceptors (Lipinski definition) is 3. The molecule has 1 amide bonds. The van der Waals surface area contributed by atoms with E-state index in [-0.39, 0.29) is 18.4 Å². The molecule has 0 spiro atoms. The van der Waals surface area contributed by atoms with E-state index in [0.29, 0.717) is 13.1 Å². The molecule has 0 rings (SSSR count). The second kappa shape index (κ2) is 5.19. The van der Waals surface area contributed by atoms with Crippen molar-refractivity contribution in [3.05, 3.63) is 0 Å². The normalized spacial score (nSPS) is 13.9. The van der Waals surface area contributed by atoms with Gasteiger partial charge in [-0.25, -0.2) is 0 Å². The summed E-state index contributed by atoms with van der Waals surface area (Å²) in [5.41, 5.74) is 4.92. The summed E-state index contributed by atoms with van der Waals surface area (Å²) in [5.74, 6) is 0.0350. The van der Waals surface area contributed by atoms with Gasteiger partial charge in [0.05, 0.1) is 5.41 Å². The van der Waals surface area contributed by atoms with Crippen LogP contribution in [0.25, 0.3) is 0 Å². The van der Waals surface area contributed by atoms with Crippen LogP contribution in [0.1, 0.15) is 20.8 Å². The van der Waals surface area contributed by atoms with E-state index < -0.39 is 5.41 Å². The summed E-state index contributed by atoms with van der Waals surface area (Å²) < 4.78 is 0. The number of nitrogens with two attached hydrogens (primary N) is 1. The molecular formula is C9H20N2O2. The Hall–Kier alpha value is -0.610. The third-order valence-corrected chi connectivity index (χ3v) is 2.05. The van der Waals surface area contributed by atoms with Crippen LogP contribution < -0.4 is 11.1 Å². The number of hydrogen-bond donors (Lipinski definition) is 3. The predicted octanol–water partition coefficient (Wildman–Crippen LogP) is -0.284. The fourth-order valence-corrected chi connectivity index (χ4v) is 0.663. The van der Waals surface area contributed by atoms with Crippen LogP contribution in [0.2, 0.25) is 0 Å². The number of carbonyl (C=O) groups excluding carboxylic acids is 1. The minimum Gasteiger partial charge on any atom is -0.396 e. The van der Waals surface area contributed by atoms with Crippen molar-refractivity contribution in [3.8, 4) is 0 Å². The highest BCUT2D eigenvalue weighted by atomic mass is 16.3. The van der Waals surface area contributed by atoms with Crippen LogP contribution in [0.4, 0.5) is 0 Å². The Morgan fingerprint density at radius 3 is 2.54 bits per heavy atom. The first-order valence-corrected chi connectivity index (χ1v) is 4.53.